The van der Waals surface area contributed by atoms with Crippen molar-refractivity contribution in [2.45, 2.75) is 13.8 Å². The molecule has 0 saturated heterocycles. The molecule has 0 bridgehead atoms. The van der Waals surface area contributed by atoms with Crippen molar-refractivity contribution in [3.8, 4) is 0 Å². The number of H-pyrrole nitrogens is 1. The first-order valence-corrected chi connectivity index (χ1v) is 5.98. The second-order valence-corrected chi connectivity index (χ2v) is 4.16. The molecular formula is C12H14ClN3O. The van der Waals surface area contributed by atoms with E-state index in [-0.39, 0.29) is 5.56 Å². The lowest BCUT2D eigenvalue weighted by atomic mass is 10.2. The molecule has 0 aliphatic carbocycles. The Kier molecular flexibility index (Phi) is 3.33. The van der Waals surface area contributed by atoms with Crippen molar-refractivity contribution in [3.63, 3.8) is 0 Å². The molecule has 90 valence electrons. The molecule has 1 N–H and O–H groups in total. The van der Waals surface area contributed by atoms with Crippen LogP contribution in [0.2, 0.25) is 5.02 Å². The lowest BCUT2D eigenvalue weighted by Crippen LogP contribution is -2.26. The van der Waals surface area contributed by atoms with Crippen molar-refractivity contribution in [2.24, 2.45) is 0 Å². The van der Waals surface area contributed by atoms with E-state index in [9.17, 15) is 4.79 Å². The highest BCUT2D eigenvalue weighted by molar-refractivity contribution is 6.31. The van der Waals surface area contributed by atoms with Crippen LogP contribution in [0.4, 0.5) is 5.95 Å². The highest BCUT2D eigenvalue weighted by atomic mass is 35.5. The topological polar surface area (TPSA) is 49.0 Å². The van der Waals surface area contributed by atoms with Crippen molar-refractivity contribution in [3.05, 3.63) is 33.6 Å². The van der Waals surface area contributed by atoms with Gasteiger partial charge in [-0.05, 0) is 32.0 Å². The second kappa shape index (κ2) is 4.75. The van der Waals surface area contributed by atoms with Crippen LogP contribution in [0.15, 0.2) is 23.0 Å². The zero-order chi connectivity index (χ0) is 12.4. The van der Waals surface area contributed by atoms with Gasteiger partial charge >= 0.3 is 0 Å². The predicted molar refractivity (Wildman–Crippen MR) is 70.9 cm³/mol. The molecule has 0 spiro atoms. The van der Waals surface area contributed by atoms with Gasteiger partial charge in [-0.25, -0.2) is 4.98 Å². The molecule has 0 atom stereocenters. The molecule has 0 radical (unpaired) electrons. The average molecular weight is 252 g/mol. The Morgan fingerprint density at radius 3 is 2.71 bits per heavy atom. The van der Waals surface area contributed by atoms with Gasteiger partial charge in [0.15, 0.2) is 0 Å². The van der Waals surface area contributed by atoms with E-state index in [0.717, 1.165) is 13.1 Å². The molecule has 1 aromatic heterocycles. The van der Waals surface area contributed by atoms with Gasteiger partial charge in [0.25, 0.3) is 5.56 Å². The van der Waals surface area contributed by atoms with E-state index in [2.05, 4.69) is 9.97 Å². The van der Waals surface area contributed by atoms with Crippen molar-refractivity contribution < 1.29 is 0 Å². The molecule has 0 unspecified atom stereocenters. The average Bonchev–Trinajstić information content (AvgIpc) is 2.32. The van der Waals surface area contributed by atoms with Crippen molar-refractivity contribution in [2.75, 3.05) is 18.0 Å². The third kappa shape index (κ3) is 2.26. The third-order valence-corrected chi connectivity index (χ3v) is 2.95. The Morgan fingerprint density at radius 2 is 2.06 bits per heavy atom. The lowest BCUT2D eigenvalue weighted by Gasteiger charge is -2.19. The number of nitrogens with one attached hydrogen (secondary N) is 1. The smallest absolute Gasteiger partial charge is 0.260 e. The maximum atomic E-state index is 11.9. The summed E-state index contributed by atoms with van der Waals surface area (Å²) < 4.78 is 0. The number of aromatic nitrogens is 2. The van der Waals surface area contributed by atoms with Crippen LogP contribution < -0.4 is 10.5 Å². The van der Waals surface area contributed by atoms with Crippen molar-refractivity contribution in [1.29, 1.82) is 0 Å². The van der Waals surface area contributed by atoms with Gasteiger partial charge in [-0.3, -0.25) is 9.78 Å². The Bertz CT molecular complexity index is 590. The lowest BCUT2D eigenvalue weighted by molar-refractivity contribution is 0.822. The molecule has 2 rings (SSSR count). The number of halogens is 1. The summed E-state index contributed by atoms with van der Waals surface area (Å²) >= 11 is 5.86. The molecule has 1 aromatic carbocycles. The van der Waals surface area contributed by atoms with Gasteiger partial charge in [0.2, 0.25) is 5.95 Å². The normalized spacial score (nSPS) is 10.8. The maximum Gasteiger partial charge on any atom is 0.260 e. The summed E-state index contributed by atoms with van der Waals surface area (Å²) in [6.45, 7) is 5.65. The van der Waals surface area contributed by atoms with Crippen LogP contribution in [-0.4, -0.2) is 23.1 Å². The molecule has 4 nitrogen and oxygen atoms in total. The van der Waals surface area contributed by atoms with Crippen molar-refractivity contribution >= 4 is 28.5 Å². The molecular weight excluding hydrogens is 238 g/mol. The number of hydrogen-bond donors (Lipinski definition) is 1. The summed E-state index contributed by atoms with van der Waals surface area (Å²) in [5, 5.41) is 1.06. The Hall–Kier alpha value is -1.55. The molecule has 17 heavy (non-hydrogen) atoms. The zero-order valence-electron chi connectivity index (χ0n) is 9.83. The summed E-state index contributed by atoms with van der Waals surface area (Å²) in [5.41, 5.74) is 0.513. The molecule has 0 aliphatic heterocycles. The van der Waals surface area contributed by atoms with Crippen LogP contribution in [0, 0.1) is 0 Å². The van der Waals surface area contributed by atoms with E-state index in [0.29, 0.717) is 21.9 Å². The second-order valence-electron chi connectivity index (χ2n) is 3.72. The number of rotatable bonds is 3. The summed E-state index contributed by atoms with van der Waals surface area (Å²) in [7, 11) is 0. The van der Waals surface area contributed by atoms with E-state index >= 15 is 0 Å². The van der Waals surface area contributed by atoms with Crippen molar-refractivity contribution in [1.82, 2.24) is 9.97 Å². The first-order valence-electron chi connectivity index (χ1n) is 5.60. The van der Waals surface area contributed by atoms with Crippen LogP contribution in [0.1, 0.15) is 13.8 Å². The third-order valence-electron chi connectivity index (χ3n) is 2.72. The van der Waals surface area contributed by atoms with Crippen LogP contribution >= 0.6 is 11.6 Å². The first kappa shape index (κ1) is 11.9. The van der Waals surface area contributed by atoms with E-state index in [1.807, 2.05) is 18.7 Å². The standard InChI is InChI=1S/C12H14ClN3O/c1-3-16(4-2)12-14-10-6-5-8(13)7-9(10)11(17)15-12/h5-7H,3-4H2,1-2H3,(H,14,15,17). The molecule has 0 amide bonds. The van der Waals surface area contributed by atoms with E-state index in [4.69, 9.17) is 11.6 Å². The number of hydrogen-bond acceptors (Lipinski definition) is 3. The van der Waals surface area contributed by atoms with Gasteiger partial charge in [0.05, 0.1) is 10.9 Å². The van der Waals surface area contributed by atoms with Gasteiger partial charge in [0, 0.05) is 18.1 Å². The van der Waals surface area contributed by atoms with Gasteiger partial charge < -0.3 is 4.90 Å². The number of anilines is 1. The molecule has 2 aromatic rings. The largest absolute Gasteiger partial charge is 0.343 e. The molecule has 1 heterocycles. The highest BCUT2D eigenvalue weighted by Gasteiger charge is 2.08. The summed E-state index contributed by atoms with van der Waals surface area (Å²) in [6.07, 6.45) is 0. The Balaban J connectivity index is 2.63. The fraction of sp³-hybridized carbons (Fsp3) is 0.333. The van der Waals surface area contributed by atoms with Gasteiger partial charge in [-0.15, -0.1) is 0 Å². The predicted octanol–water partition coefficient (Wildman–Crippen LogP) is 2.42. The Labute approximate surface area is 104 Å². The minimum Gasteiger partial charge on any atom is -0.343 e. The van der Waals surface area contributed by atoms with Gasteiger partial charge in [0.1, 0.15) is 0 Å². The molecule has 0 aliphatic rings. The first-order chi connectivity index (χ1) is 8.15. The van der Waals surface area contributed by atoms with Gasteiger partial charge in [-0.2, -0.15) is 0 Å². The molecule has 5 heteroatoms. The highest BCUT2D eigenvalue weighted by Crippen LogP contribution is 2.16. The molecule has 0 saturated carbocycles. The van der Waals surface area contributed by atoms with E-state index in [1.165, 1.54) is 0 Å². The molecule has 0 fully saturated rings. The fourth-order valence-corrected chi connectivity index (χ4v) is 1.94. The monoisotopic (exact) mass is 251 g/mol. The fourth-order valence-electron chi connectivity index (χ4n) is 1.77. The van der Waals surface area contributed by atoms with Crippen LogP contribution in [0.3, 0.4) is 0 Å². The number of aromatic amines is 1. The summed E-state index contributed by atoms with van der Waals surface area (Å²) in [5.74, 6) is 0.606. The minimum atomic E-state index is -0.153. The van der Waals surface area contributed by atoms with E-state index < -0.39 is 0 Å². The number of nitrogens with zero attached hydrogens (tertiary/aromatic N) is 2. The summed E-state index contributed by atoms with van der Waals surface area (Å²) in [6, 6.07) is 5.14. The van der Waals surface area contributed by atoms with Crippen LogP contribution in [0.25, 0.3) is 10.9 Å². The maximum absolute atomic E-state index is 11.9. The van der Waals surface area contributed by atoms with Crippen LogP contribution in [-0.2, 0) is 0 Å². The number of benzene rings is 1. The SMILES string of the molecule is CCN(CC)c1nc2ccc(Cl)cc2c(=O)[nH]1. The Morgan fingerprint density at radius 1 is 1.35 bits per heavy atom. The van der Waals surface area contributed by atoms with Gasteiger partial charge in [-0.1, -0.05) is 11.6 Å². The minimum absolute atomic E-state index is 0.153. The summed E-state index contributed by atoms with van der Waals surface area (Å²) in [4.78, 5) is 21.1. The zero-order valence-corrected chi connectivity index (χ0v) is 10.6. The number of fused-ring (bicyclic) bond motifs is 1. The quantitative estimate of drug-likeness (QED) is 0.912. The van der Waals surface area contributed by atoms with E-state index in [1.54, 1.807) is 18.2 Å². The van der Waals surface area contributed by atoms with Crippen LogP contribution in [0.5, 0.6) is 0 Å².